The second-order valence-corrected chi connectivity index (χ2v) is 6.61. The highest BCUT2D eigenvalue weighted by Crippen LogP contribution is 2.32. The lowest BCUT2D eigenvalue weighted by Gasteiger charge is -2.27. The summed E-state index contributed by atoms with van der Waals surface area (Å²) in [6, 6.07) is 11.6. The van der Waals surface area contributed by atoms with Crippen molar-refractivity contribution in [2.24, 2.45) is 0 Å². The minimum absolute atomic E-state index is 0.0727. The zero-order valence-electron chi connectivity index (χ0n) is 13.4. The molecule has 1 aromatic carbocycles. The molecule has 0 radical (unpaired) electrons. The summed E-state index contributed by atoms with van der Waals surface area (Å²) in [5, 5.41) is 8.80. The Morgan fingerprint density at radius 1 is 1.24 bits per heavy atom. The quantitative estimate of drug-likeness (QED) is 0.737. The predicted molar refractivity (Wildman–Crippen MR) is 95.9 cm³/mol. The molecule has 0 saturated carbocycles. The van der Waals surface area contributed by atoms with Crippen LogP contribution in [0.2, 0.25) is 0 Å². The first kappa shape index (κ1) is 15.8. The first-order valence-corrected chi connectivity index (χ1v) is 8.74. The summed E-state index contributed by atoms with van der Waals surface area (Å²) < 4.78 is 13.9. The van der Waals surface area contributed by atoms with Crippen molar-refractivity contribution in [3.8, 4) is 34.0 Å². The number of ether oxygens (including phenoxy) is 2. The summed E-state index contributed by atoms with van der Waals surface area (Å²) in [5.41, 5.74) is 0. The van der Waals surface area contributed by atoms with Crippen LogP contribution in [-0.4, -0.2) is 34.0 Å². The summed E-state index contributed by atoms with van der Waals surface area (Å²) in [6.45, 7) is 1.02. The van der Waals surface area contributed by atoms with E-state index in [0.717, 1.165) is 27.1 Å². The molecule has 1 aliphatic heterocycles. The first-order valence-electron chi connectivity index (χ1n) is 7.93. The summed E-state index contributed by atoms with van der Waals surface area (Å²) >= 11 is 1.56. The minimum Gasteiger partial charge on any atom is -0.486 e. The van der Waals surface area contributed by atoms with Gasteiger partial charge >= 0.3 is 0 Å². The van der Waals surface area contributed by atoms with Crippen LogP contribution in [0.1, 0.15) is 4.88 Å². The molecular weight excluding hydrogens is 336 g/mol. The van der Waals surface area contributed by atoms with Gasteiger partial charge in [-0.05, 0) is 24.3 Å². The minimum atomic E-state index is -0.137. The molecule has 1 N–H and O–H groups in total. The van der Waals surface area contributed by atoms with E-state index < -0.39 is 0 Å². The van der Waals surface area contributed by atoms with E-state index in [-0.39, 0.29) is 12.7 Å². The molecule has 1 aliphatic rings. The smallest absolute Gasteiger partial charge is 0.161 e. The van der Waals surface area contributed by atoms with Crippen LogP contribution < -0.4 is 9.47 Å². The highest BCUT2D eigenvalue weighted by molar-refractivity contribution is 7.15. The average Bonchev–Trinajstić information content (AvgIpc) is 3.29. The topological polar surface area (TPSA) is 56.5 Å². The van der Waals surface area contributed by atoms with Crippen LogP contribution in [0, 0.1) is 11.8 Å². The van der Waals surface area contributed by atoms with Gasteiger partial charge < -0.3 is 19.1 Å². The number of thiophene rings is 1. The number of imidazole rings is 1. The van der Waals surface area contributed by atoms with E-state index in [0.29, 0.717) is 13.2 Å². The normalized spacial score (nSPS) is 15.5. The van der Waals surface area contributed by atoms with Crippen molar-refractivity contribution in [1.82, 2.24) is 9.55 Å². The molecule has 0 bridgehead atoms. The van der Waals surface area contributed by atoms with Crippen molar-refractivity contribution >= 4 is 11.3 Å². The fraction of sp³-hybridized carbons (Fsp3) is 0.211. The molecule has 6 heteroatoms. The van der Waals surface area contributed by atoms with Gasteiger partial charge in [0.25, 0.3) is 0 Å². The number of fused-ring (bicyclic) bond motifs is 1. The van der Waals surface area contributed by atoms with Gasteiger partial charge in [0.1, 0.15) is 19.0 Å². The van der Waals surface area contributed by atoms with E-state index in [1.54, 1.807) is 17.5 Å². The van der Waals surface area contributed by atoms with Gasteiger partial charge in [0.05, 0.1) is 16.3 Å². The number of nitrogens with zero attached hydrogens (tertiary/aromatic N) is 2. The number of aromatic nitrogens is 2. The van der Waals surface area contributed by atoms with Crippen LogP contribution in [0.25, 0.3) is 10.7 Å². The first-order chi connectivity index (χ1) is 12.3. The van der Waals surface area contributed by atoms with Gasteiger partial charge in [-0.2, -0.15) is 0 Å². The van der Waals surface area contributed by atoms with Crippen molar-refractivity contribution in [2.45, 2.75) is 12.6 Å². The monoisotopic (exact) mass is 352 g/mol. The molecule has 5 nitrogen and oxygen atoms in total. The molecule has 2 aromatic heterocycles. The molecule has 0 saturated heterocycles. The zero-order chi connectivity index (χ0) is 17.1. The Kier molecular flexibility index (Phi) is 4.42. The van der Waals surface area contributed by atoms with Gasteiger partial charge in [0.15, 0.2) is 17.6 Å². The second-order valence-electron chi connectivity index (χ2n) is 5.52. The molecule has 126 valence electrons. The molecule has 1 unspecified atom stereocenters. The van der Waals surface area contributed by atoms with E-state index >= 15 is 0 Å². The number of aliphatic hydroxyl groups is 1. The molecule has 25 heavy (non-hydrogen) atoms. The third kappa shape index (κ3) is 3.38. The van der Waals surface area contributed by atoms with Gasteiger partial charge in [-0.1, -0.05) is 24.0 Å². The fourth-order valence-corrected chi connectivity index (χ4v) is 3.60. The van der Waals surface area contributed by atoms with Crippen LogP contribution >= 0.6 is 11.3 Å². The molecule has 0 fully saturated rings. The van der Waals surface area contributed by atoms with Crippen LogP contribution in [0.15, 0.2) is 48.8 Å². The van der Waals surface area contributed by atoms with Crippen molar-refractivity contribution < 1.29 is 14.6 Å². The Morgan fingerprint density at radius 3 is 3.00 bits per heavy atom. The van der Waals surface area contributed by atoms with Crippen LogP contribution in [0.3, 0.4) is 0 Å². The van der Waals surface area contributed by atoms with Gasteiger partial charge in [-0.15, -0.1) is 11.3 Å². The number of rotatable bonds is 3. The maximum atomic E-state index is 8.80. The Balaban J connectivity index is 1.52. The third-order valence-corrected chi connectivity index (χ3v) is 4.80. The maximum absolute atomic E-state index is 8.80. The SMILES string of the molecule is OCC#Cc1ccc(-c2nccn2CC2COc3ccccc3O2)s1. The Labute approximate surface area is 149 Å². The Bertz CT molecular complexity index is 935. The zero-order valence-corrected chi connectivity index (χ0v) is 14.2. The van der Waals surface area contributed by atoms with Crippen molar-refractivity contribution in [3.05, 3.63) is 53.7 Å². The van der Waals surface area contributed by atoms with Gasteiger partial charge in [-0.3, -0.25) is 0 Å². The van der Waals surface area contributed by atoms with E-state index in [9.17, 15) is 0 Å². The number of para-hydroxylation sites is 2. The number of hydrogen-bond donors (Lipinski definition) is 1. The van der Waals surface area contributed by atoms with Gasteiger partial charge in [-0.25, -0.2) is 4.98 Å². The summed E-state index contributed by atoms with van der Waals surface area (Å²) in [7, 11) is 0. The van der Waals surface area contributed by atoms with Crippen molar-refractivity contribution in [2.75, 3.05) is 13.2 Å². The van der Waals surface area contributed by atoms with Crippen LogP contribution in [0.4, 0.5) is 0 Å². The molecule has 3 aromatic rings. The van der Waals surface area contributed by atoms with Crippen molar-refractivity contribution in [3.63, 3.8) is 0 Å². The number of hydrogen-bond acceptors (Lipinski definition) is 5. The van der Waals surface area contributed by atoms with Crippen molar-refractivity contribution in [1.29, 1.82) is 0 Å². The summed E-state index contributed by atoms with van der Waals surface area (Å²) in [4.78, 5) is 6.41. The van der Waals surface area contributed by atoms with E-state index in [2.05, 4.69) is 21.4 Å². The average molecular weight is 352 g/mol. The lowest BCUT2D eigenvalue weighted by Crippen LogP contribution is -2.33. The fourth-order valence-electron chi connectivity index (χ4n) is 2.71. The molecule has 0 spiro atoms. The molecule has 3 heterocycles. The van der Waals surface area contributed by atoms with Crippen LogP contribution in [-0.2, 0) is 6.54 Å². The molecular formula is C19H16N2O3S. The molecule has 1 atom stereocenters. The predicted octanol–water partition coefficient (Wildman–Crippen LogP) is 2.80. The highest BCUT2D eigenvalue weighted by atomic mass is 32.1. The van der Waals surface area contributed by atoms with E-state index in [1.165, 1.54) is 0 Å². The van der Waals surface area contributed by atoms with E-state index in [1.807, 2.05) is 42.6 Å². The summed E-state index contributed by atoms with van der Waals surface area (Å²) in [5.74, 6) is 8.03. The Morgan fingerprint density at radius 2 is 2.12 bits per heavy atom. The molecule has 4 rings (SSSR count). The summed E-state index contributed by atoms with van der Waals surface area (Å²) in [6.07, 6.45) is 3.65. The number of aliphatic hydroxyl groups excluding tert-OH is 1. The highest BCUT2D eigenvalue weighted by Gasteiger charge is 2.22. The second kappa shape index (κ2) is 7.01. The molecule has 0 aliphatic carbocycles. The maximum Gasteiger partial charge on any atom is 0.161 e. The number of benzene rings is 1. The van der Waals surface area contributed by atoms with Gasteiger partial charge in [0.2, 0.25) is 0 Å². The standard InChI is InChI=1S/C19H16N2O3S/c22-11-3-4-15-7-8-18(25-15)19-20-9-10-21(19)12-14-13-23-16-5-1-2-6-17(16)24-14/h1-2,5-10,14,22H,11-13H2. The van der Waals surface area contributed by atoms with E-state index in [4.69, 9.17) is 14.6 Å². The van der Waals surface area contributed by atoms with Gasteiger partial charge in [0, 0.05) is 12.4 Å². The largest absolute Gasteiger partial charge is 0.486 e. The lowest BCUT2D eigenvalue weighted by atomic mass is 10.2. The molecule has 0 amide bonds. The Hall–Kier alpha value is -2.75. The lowest BCUT2D eigenvalue weighted by molar-refractivity contribution is 0.0789. The third-order valence-electron chi connectivity index (χ3n) is 3.80. The van der Waals surface area contributed by atoms with Crippen LogP contribution in [0.5, 0.6) is 11.5 Å².